The van der Waals surface area contributed by atoms with E-state index in [2.05, 4.69) is 6.92 Å². The number of aliphatic hydroxyl groups is 1. The summed E-state index contributed by atoms with van der Waals surface area (Å²) in [4.78, 5) is 22.8. The van der Waals surface area contributed by atoms with Crippen molar-refractivity contribution in [2.45, 2.75) is 89.9 Å². The van der Waals surface area contributed by atoms with E-state index >= 15 is 0 Å². The van der Waals surface area contributed by atoms with Gasteiger partial charge >= 0.3 is 5.97 Å². The fourth-order valence-corrected chi connectivity index (χ4v) is 2.88. The second kappa shape index (κ2) is 18.4. The van der Waals surface area contributed by atoms with E-state index in [1.54, 1.807) is 0 Å². The van der Waals surface area contributed by atoms with Crippen LogP contribution in [0.5, 0.6) is 0 Å². The van der Waals surface area contributed by atoms with Gasteiger partial charge in [-0.25, -0.2) is 0 Å². The monoisotopic (exact) mass is 447 g/mol. The molecule has 0 saturated heterocycles. The quantitative estimate of drug-likeness (QED) is 0.124. The van der Waals surface area contributed by atoms with Crippen molar-refractivity contribution in [2.75, 3.05) is 47.5 Å². The molecule has 0 aliphatic heterocycles. The van der Waals surface area contributed by atoms with Crippen LogP contribution in [0, 0.1) is 0 Å². The van der Waals surface area contributed by atoms with Crippen molar-refractivity contribution in [2.24, 2.45) is 0 Å². The molecule has 0 aromatic carbocycles. The predicted molar refractivity (Wildman–Crippen MR) is 117 cm³/mol. The van der Waals surface area contributed by atoms with Gasteiger partial charge in [-0.1, -0.05) is 64.7 Å². The Hall–Kier alpha value is -1.22. The summed E-state index contributed by atoms with van der Waals surface area (Å²) in [6.45, 7) is 2.42. The number of hydrogen-bond donors (Lipinski definition) is 1. The van der Waals surface area contributed by atoms with E-state index in [9.17, 15) is 19.8 Å². The Kier molecular flexibility index (Phi) is 17.6. The Bertz CT molecular complexity index is 465. The summed E-state index contributed by atoms with van der Waals surface area (Å²) in [7, 11) is 5.85. The van der Waals surface area contributed by atoms with Gasteiger partial charge in [0.15, 0.2) is 6.29 Å². The van der Waals surface area contributed by atoms with E-state index in [1.807, 2.05) is 21.1 Å². The fourth-order valence-electron chi connectivity index (χ4n) is 2.88. The van der Waals surface area contributed by atoms with Crippen LogP contribution in [-0.4, -0.2) is 81.4 Å². The highest BCUT2D eigenvalue weighted by Gasteiger charge is 2.17. The normalized spacial score (nSPS) is 13.7. The Morgan fingerprint density at radius 1 is 0.871 bits per heavy atom. The van der Waals surface area contributed by atoms with Gasteiger partial charge in [-0.05, 0) is 6.42 Å². The predicted octanol–water partition coefficient (Wildman–Crippen LogP) is 2.02. The molecule has 0 saturated carbocycles. The number of likely N-dealkylation sites (N-methyl/N-ethyl adjacent to an activating group) is 1. The van der Waals surface area contributed by atoms with E-state index in [0.717, 1.165) is 19.3 Å². The Balaban J connectivity index is 3.75. The lowest BCUT2D eigenvalue weighted by Crippen LogP contribution is -2.44. The summed E-state index contributed by atoms with van der Waals surface area (Å²) in [5.41, 5.74) is 0. The third-order valence-corrected chi connectivity index (χ3v) is 4.83. The number of carbonyl (C=O) groups excluding carboxylic acids is 2. The van der Waals surface area contributed by atoms with Crippen LogP contribution in [0.4, 0.5) is 0 Å². The number of unbranched alkanes of at least 4 members (excludes halogenated alkanes) is 9. The zero-order valence-electron chi connectivity index (χ0n) is 20.1. The molecular formula is C23H45NO7. The van der Waals surface area contributed by atoms with E-state index in [4.69, 9.17) is 14.2 Å². The molecule has 0 rings (SSSR count). The van der Waals surface area contributed by atoms with Gasteiger partial charge in [0.2, 0.25) is 0 Å². The molecule has 0 amide bonds. The maximum Gasteiger partial charge on any atom is 0.305 e. The number of carboxylic acid groups (broad SMARTS) is 1. The average Bonchev–Trinajstić information content (AvgIpc) is 2.69. The van der Waals surface area contributed by atoms with Gasteiger partial charge in [0.1, 0.15) is 19.3 Å². The number of ether oxygens (including phenoxy) is 3. The van der Waals surface area contributed by atoms with Crippen molar-refractivity contribution >= 4 is 11.9 Å². The first-order chi connectivity index (χ1) is 14.7. The minimum absolute atomic E-state index is 0.173. The topological polar surface area (TPSA) is 105 Å². The Morgan fingerprint density at radius 2 is 1.42 bits per heavy atom. The van der Waals surface area contributed by atoms with Gasteiger partial charge in [-0.2, -0.15) is 0 Å². The lowest BCUT2D eigenvalue weighted by Gasteiger charge is -2.26. The van der Waals surface area contributed by atoms with Crippen molar-refractivity contribution in [1.82, 2.24) is 0 Å². The average molecular weight is 448 g/mol. The highest BCUT2D eigenvalue weighted by atomic mass is 16.7. The molecule has 2 atom stereocenters. The SMILES string of the molecule is CCCCCCCCCCCCC(=O)OCC(O)COC(OCC[N+](C)(C)C)C(=O)[O-]. The smallest absolute Gasteiger partial charge is 0.305 e. The minimum Gasteiger partial charge on any atom is -0.545 e. The third-order valence-electron chi connectivity index (χ3n) is 4.83. The molecule has 184 valence electrons. The van der Waals surface area contributed by atoms with E-state index in [0.29, 0.717) is 17.4 Å². The van der Waals surface area contributed by atoms with Crippen LogP contribution in [0.15, 0.2) is 0 Å². The van der Waals surface area contributed by atoms with Crippen LogP contribution in [0.25, 0.3) is 0 Å². The summed E-state index contributed by atoms with van der Waals surface area (Å²) in [6, 6.07) is 0. The van der Waals surface area contributed by atoms with Crippen LogP contribution in [0.2, 0.25) is 0 Å². The highest BCUT2D eigenvalue weighted by molar-refractivity contribution is 5.69. The lowest BCUT2D eigenvalue weighted by atomic mass is 10.1. The van der Waals surface area contributed by atoms with Gasteiger partial charge in [0, 0.05) is 6.42 Å². The minimum atomic E-state index is -1.57. The van der Waals surface area contributed by atoms with Crippen LogP contribution in [-0.2, 0) is 23.8 Å². The lowest BCUT2D eigenvalue weighted by molar-refractivity contribution is -0.870. The third kappa shape index (κ3) is 20.4. The number of carboxylic acids is 1. The van der Waals surface area contributed by atoms with E-state index in [1.165, 1.54) is 44.9 Å². The van der Waals surface area contributed by atoms with Crippen LogP contribution >= 0.6 is 0 Å². The zero-order chi connectivity index (χ0) is 23.5. The number of esters is 1. The molecule has 0 aliphatic carbocycles. The Labute approximate surface area is 188 Å². The van der Waals surface area contributed by atoms with Gasteiger partial charge in [-0.3, -0.25) is 4.79 Å². The molecule has 8 nitrogen and oxygen atoms in total. The molecule has 0 aromatic heterocycles. The molecule has 0 spiro atoms. The number of rotatable bonds is 21. The van der Waals surface area contributed by atoms with E-state index < -0.39 is 18.4 Å². The van der Waals surface area contributed by atoms with Gasteiger partial charge in [0.25, 0.3) is 0 Å². The molecule has 1 N–H and O–H groups in total. The van der Waals surface area contributed by atoms with Gasteiger partial charge < -0.3 is 33.7 Å². The van der Waals surface area contributed by atoms with Crippen molar-refractivity contribution in [1.29, 1.82) is 0 Å². The Morgan fingerprint density at radius 3 is 1.94 bits per heavy atom. The number of nitrogens with zero attached hydrogens (tertiary/aromatic N) is 1. The maximum absolute atomic E-state index is 11.8. The summed E-state index contributed by atoms with van der Waals surface area (Å²) in [5, 5.41) is 20.9. The molecule has 2 unspecified atom stereocenters. The van der Waals surface area contributed by atoms with Crippen LogP contribution in [0.3, 0.4) is 0 Å². The van der Waals surface area contributed by atoms with Gasteiger partial charge in [0.05, 0.1) is 40.3 Å². The summed E-state index contributed by atoms with van der Waals surface area (Å²) in [5.74, 6) is -1.87. The summed E-state index contributed by atoms with van der Waals surface area (Å²) in [6.07, 6.45) is 9.51. The molecule has 0 bridgehead atoms. The molecule has 31 heavy (non-hydrogen) atoms. The zero-order valence-corrected chi connectivity index (χ0v) is 20.1. The molecule has 0 fully saturated rings. The molecular weight excluding hydrogens is 402 g/mol. The first kappa shape index (κ1) is 29.8. The number of aliphatic hydroxyl groups excluding tert-OH is 1. The number of aliphatic carboxylic acids is 1. The molecule has 8 heteroatoms. The summed E-state index contributed by atoms with van der Waals surface area (Å²) < 4.78 is 15.8. The van der Waals surface area contributed by atoms with Gasteiger partial charge in [-0.15, -0.1) is 0 Å². The summed E-state index contributed by atoms with van der Waals surface area (Å²) >= 11 is 0. The molecule has 0 aliphatic rings. The molecule has 0 aromatic rings. The fraction of sp³-hybridized carbons (Fsp3) is 0.913. The highest BCUT2D eigenvalue weighted by Crippen LogP contribution is 2.11. The standard InChI is InChI=1S/C23H45NO7/c1-5-6-7-8-9-10-11-12-13-14-15-21(26)30-18-20(25)19-31-23(22(27)28)29-17-16-24(2,3)4/h20,23,25H,5-19H2,1-4H3. The van der Waals surface area contributed by atoms with E-state index in [-0.39, 0.29) is 25.8 Å². The number of quaternary nitrogens is 1. The largest absolute Gasteiger partial charge is 0.545 e. The number of carbonyl (C=O) groups is 2. The number of hydrogen-bond acceptors (Lipinski definition) is 7. The molecule has 0 heterocycles. The second-order valence-corrected chi connectivity index (χ2v) is 9.14. The van der Waals surface area contributed by atoms with Crippen molar-refractivity contribution in [3.05, 3.63) is 0 Å². The second-order valence-electron chi connectivity index (χ2n) is 9.14. The molecule has 0 radical (unpaired) electrons. The van der Waals surface area contributed by atoms with Crippen molar-refractivity contribution in [3.8, 4) is 0 Å². The first-order valence-electron chi connectivity index (χ1n) is 11.7. The van der Waals surface area contributed by atoms with Crippen LogP contribution in [0.1, 0.15) is 77.6 Å². The van der Waals surface area contributed by atoms with Crippen molar-refractivity contribution < 1.29 is 38.5 Å². The first-order valence-corrected chi connectivity index (χ1v) is 11.7. The van der Waals surface area contributed by atoms with Crippen molar-refractivity contribution in [3.63, 3.8) is 0 Å². The van der Waals surface area contributed by atoms with Crippen LogP contribution < -0.4 is 5.11 Å². The maximum atomic E-state index is 11.8.